The van der Waals surface area contributed by atoms with Gasteiger partial charge in [0.1, 0.15) is 13.2 Å². The van der Waals surface area contributed by atoms with Crippen LogP contribution in [-0.2, 0) is 13.9 Å². The van der Waals surface area contributed by atoms with Crippen molar-refractivity contribution in [2.45, 2.75) is 4.90 Å². The second kappa shape index (κ2) is 4.96. The highest BCUT2D eigenvalue weighted by atomic mass is 35.7. The number of hydrogen-bond donors (Lipinski definition) is 0. The van der Waals surface area contributed by atoms with E-state index in [1.165, 1.54) is 25.3 Å². The number of rotatable bonds is 3. The quantitative estimate of drug-likeness (QED) is 0.467. The van der Waals surface area contributed by atoms with Gasteiger partial charge in [0.2, 0.25) is 0 Å². The lowest BCUT2D eigenvalue weighted by Crippen LogP contribution is -2.05. The third-order valence-corrected chi connectivity index (χ3v) is 3.07. The molecule has 0 saturated heterocycles. The number of nitriles is 1. The van der Waals surface area contributed by atoms with Gasteiger partial charge in [0.05, 0.1) is 4.90 Å². The minimum Gasteiger partial charge on any atom is -0.398 e. The molecular weight excluding hydrogens is 252 g/mol. The summed E-state index contributed by atoms with van der Waals surface area (Å²) in [6.45, 7) is 0. The molecule has 0 fully saturated rings. The van der Waals surface area contributed by atoms with E-state index in [0.29, 0.717) is 0 Å². The molecule has 0 aromatic heterocycles. The molecule has 0 aliphatic rings. The zero-order chi connectivity index (χ0) is 12.2. The van der Waals surface area contributed by atoms with Gasteiger partial charge in [-0.2, -0.15) is 5.26 Å². The van der Waals surface area contributed by atoms with Gasteiger partial charge >= 0.3 is 0 Å². The maximum Gasteiger partial charge on any atom is 0.262 e. The van der Waals surface area contributed by atoms with E-state index in [2.05, 4.69) is 9.99 Å². The molecule has 7 heteroatoms. The fourth-order valence-corrected chi connectivity index (χ4v) is 2.17. The first-order chi connectivity index (χ1) is 7.50. The third kappa shape index (κ3) is 2.72. The van der Waals surface area contributed by atoms with Crippen molar-refractivity contribution in [3.63, 3.8) is 0 Å². The summed E-state index contributed by atoms with van der Waals surface area (Å²) in [7, 11) is 2.57. The van der Waals surface area contributed by atoms with E-state index in [1.807, 2.05) is 0 Å². The molecule has 0 atom stereocenters. The molecule has 84 valence electrons. The summed E-state index contributed by atoms with van der Waals surface area (Å²) < 4.78 is 22.5. The molecule has 1 aromatic carbocycles. The Kier molecular flexibility index (Phi) is 3.88. The first-order valence-electron chi connectivity index (χ1n) is 4.06. The maximum atomic E-state index is 11.2. The summed E-state index contributed by atoms with van der Waals surface area (Å²) in [5.74, 6) is 0. The Morgan fingerprint density at radius 3 is 2.62 bits per heavy atom. The molecule has 0 spiro atoms. The fraction of sp³-hybridized carbons (Fsp3) is 0.111. The van der Waals surface area contributed by atoms with Crippen molar-refractivity contribution in [1.82, 2.24) is 0 Å². The largest absolute Gasteiger partial charge is 0.398 e. The molecule has 0 aliphatic carbocycles. The molecule has 1 rings (SSSR count). The van der Waals surface area contributed by atoms with E-state index in [1.54, 1.807) is 12.1 Å². The van der Waals surface area contributed by atoms with Gasteiger partial charge in [-0.3, -0.25) is 0 Å². The summed E-state index contributed by atoms with van der Waals surface area (Å²) in [4.78, 5) is 4.27. The molecule has 0 amide bonds. The van der Waals surface area contributed by atoms with E-state index >= 15 is 0 Å². The smallest absolute Gasteiger partial charge is 0.262 e. The first kappa shape index (κ1) is 12.5. The van der Waals surface area contributed by atoms with E-state index in [-0.39, 0.29) is 16.2 Å². The number of hydrogen-bond acceptors (Lipinski definition) is 5. The lowest BCUT2D eigenvalue weighted by Gasteiger charge is -2.03. The zero-order valence-electron chi connectivity index (χ0n) is 8.21. The van der Waals surface area contributed by atoms with Crippen LogP contribution >= 0.6 is 10.7 Å². The van der Waals surface area contributed by atoms with Crippen molar-refractivity contribution in [3.8, 4) is 6.07 Å². The van der Waals surface area contributed by atoms with Crippen molar-refractivity contribution in [2.75, 3.05) is 7.11 Å². The van der Waals surface area contributed by atoms with Crippen LogP contribution in [0.2, 0.25) is 0 Å². The molecule has 0 aliphatic heterocycles. The molecular formula is C9H7ClN2O3S. The Morgan fingerprint density at radius 2 is 2.12 bits per heavy atom. The van der Waals surface area contributed by atoms with Crippen molar-refractivity contribution in [1.29, 1.82) is 5.26 Å². The summed E-state index contributed by atoms with van der Waals surface area (Å²) >= 11 is 0. The highest BCUT2D eigenvalue weighted by Gasteiger charge is 2.18. The lowest BCUT2D eigenvalue weighted by atomic mass is 10.1. The normalized spacial score (nSPS) is 11.9. The van der Waals surface area contributed by atoms with E-state index < -0.39 is 9.05 Å². The highest BCUT2D eigenvalue weighted by Crippen LogP contribution is 2.20. The maximum absolute atomic E-state index is 11.2. The molecule has 0 radical (unpaired) electrons. The minimum atomic E-state index is -3.92. The van der Waals surface area contributed by atoms with Gasteiger partial charge in [-0.05, 0) is 6.07 Å². The van der Waals surface area contributed by atoms with E-state index in [4.69, 9.17) is 15.9 Å². The Bertz CT molecular complexity index is 560. The number of halogens is 1. The molecule has 0 N–H and O–H groups in total. The average Bonchev–Trinajstić information content (AvgIpc) is 2.25. The van der Waals surface area contributed by atoms with Crippen LogP contribution < -0.4 is 0 Å². The van der Waals surface area contributed by atoms with Gasteiger partial charge in [-0.15, -0.1) is 0 Å². The van der Waals surface area contributed by atoms with Crippen LogP contribution in [0.15, 0.2) is 34.3 Å². The Labute approximate surface area is 97.3 Å². The second-order valence-corrected chi connectivity index (χ2v) is 5.20. The SMILES string of the molecule is CO/N=C(/C#N)c1ccccc1S(=O)(=O)Cl. The van der Waals surface area contributed by atoms with Crippen molar-refractivity contribution < 1.29 is 13.3 Å². The topological polar surface area (TPSA) is 79.5 Å². The monoisotopic (exact) mass is 258 g/mol. The molecule has 0 heterocycles. The van der Waals surface area contributed by atoms with Crippen LogP contribution in [0.4, 0.5) is 0 Å². The van der Waals surface area contributed by atoms with Gasteiger partial charge in [0, 0.05) is 16.2 Å². The van der Waals surface area contributed by atoms with Crippen molar-refractivity contribution in [2.24, 2.45) is 5.16 Å². The van der Waals surface area contributed by atoms with Gasteiger partial charge < -0.3 is 4.84 Å². The van der Waals surface area contributed by atoms with Crippen LogP contribution in [0.1, 0.15) is 5.56 Å². The van der Waals surface area contributed by atoms with Crippen molar-refractivity contribution in [3.05, 3.63) is 29.8 Å². The van der Waals surface area contributed by atoms with E-state index in [9.17, 15) is 8.42 Å². The number of nitrogens with zero attached hydrogens (tertiary/aromatic N) is 2. The van der Waals surface area contributed by atoms with Gasteiger partial charge in [-0.1, -0.05) is 23.4 Å². The number of benzene rings is 1. The second-order valence-electron chi connectivity index (χ2n) is 2.67. The summed E-state index contributed by atoms with van der Waals surface area (Å²) in [6.07, 6.45) is 0. The highest BCUT2D eigenvalue weighted by molar-refractivity contribution is 8.13. The van der Waals surface area contributed by atoms with E-state index in [0.717, 1.165) is 0 Å². The minimum absolute atomic E-state index is 0.113. The molecule has 5 nitrogen and oxygen atoms in total. The standard InChI is InChI=1S/C9H7ClN2O3S/c1-15-12-8(6-11)7-4-2-3-5-9(7)16(10,13)14/h2-5H,1H3/b12-8-. The lowest BCUT2D eigenvalue weighted by molar-refractivity contribution is 0.214. The third-order valence-electron chi connectivity index (χ3n) is 1.69. The first-order valence-corrected chi connectivity index (χ1v) is 6.37. The predicted octanol–water partition coefficient (Wildman–Crippen LogP) is 1.49. The van der Waals surface area contributed by atoms with Gasteiger partial charge in [0.15, 0.2) is 5.71 Å². The Balaban J connectivity index is 3.47. The van der Waals surface area contributed by atoms with Crippen molar-refractivity contribution >= 4 is 25.4 Å². The van der Waals surface area contributed by atoms with Crippen LogP contribution in [0.5, 0.6) is 0 Å². The van der Waals surface area contributed by atoms with Gasteiger partial charge in [0.25, 0.3) is 9.05 Å². The molecule has 1 aromatic rings. The molecule has 0 saturated carbocycles. The molecule has 16 heavy (non-hydrogen) atoms. The van der Waals surface area contributed by atoms with Crippen LogP contribution in [0, 0.1) is 11.3 Å². The summed E-state index contributed by atoms with van der Waals surface area (Å²) in [5, 5.41) is 12.2. The fourth-order valence-electron chi connectivity index (χ4n) is 1.10. The average molecular weight is 259 g/mol. The summed E-state index contributed by atoms with van der Waals surface area (Å²) in [5.41, 5.74) is -0.0378. The Hall–Kier alpha value is -1.58. The van der Waals surface area contributed by atoms with Crippen LogP contribution in [0.3, 0.4) is 0 Å². The predicted molar refractivity (Wildman–Crippen MR) is 58.6 cm³/mol. The number of oxime groups is 1. The zero-order valence-corrected chi connectivity index (χ0v) is 9.79. The molecule has 0 unspecified atom stereocenters. The Morgan fingerprint density at radius 1 is 1.50 bits per heavy atom. The van der Waals surface area contributed by atoms with Gasteiger partial charge in [-0.25, -0.2) is 8.42 Å². The summed E-state index contributed by atoms with van der Waals surface area (Å²) in [6, 6.07) is 7.53. The molecule has 0 bridgehead atoms. The van der Waals surface area contributed by atoms with Crippen LogP contribution in [-0.4, -0.2) is 21.2 Å². The van der Waals surface area contributed by atoms with Crippen LogP contribution in [0.25, 0.3) is 0 Å².